The average molecular weight is 482 g/mol. The van der Waals surface area contributed by atoms with Gasteiger partial charge in [0, 0.05) is 6.20 Å². The van der Waals surface area contributed by atoms with Crippen LogP contribution in [0.5, 0.6) is 0 Å². The van der Waals surface area contributed by atoms with Crippen molar-refractivity contribution in [2.45, 2.75) is 32.8 Å². The summed E-state index contributed by atoms with van der Waals surface area (Å²) >= 11 is 0. The van der Waals surface area contributed by atoms with Crippen LogP contribution in [0.15, 0.2) is 47.4 Å². The van der Waals surface area contributed by atoms with E-state index in [1.807, 2.05) is 18.2 Å². The van der Waals surface area contributed by atoms with Gasteiger partial charge in [-0.1, -0.05) is 30.3 Å². The summed E-state index contributed by atoms with van der Waals surface area (Å²) in [5.41, 5.74) is 0.00638. The van der Waals surface area contributed by atoms with E-state index in [1.165, 1.54) is 12.3 Å². The second kappa shape index (κ2) is 12.9. The smallest absolute Gasteiger partial charge is 0.413 e. The van der Waals surface area contributed by atoms with Crippen molar-refractivity contribution in [3.8, 4) is 0 Å². The normalized spacial score (nSPS) is 12.1. The molecule has 180 valence electrons. The molecule has 13 heteroatoms. The second-order valence-corrected chi connectivity index (χ2v) is 8.76. The fourth-order valence-corrected chi connectivity index (χ4v) is 4.03. The summed E-state index contributed by atoms with van der Waals surface area (Å²) < 4.78 is 28.5. The summed E-state index contributed by atoms with van der Waals surface area (Å²) in [4.78, 5) is 39.8. The van der Waals surface area contributed by atoms with Gasteiger partial charge >= 0.3 is 19.4 Å². The van der Waals surface area contributed by atoms with Gasteiger partial charge in [0.05, 0.1) is 19.8 Å². The number of benzene rings is 1. The van der Waals surface area contributed by atoms with Crippen molar-refractivity contribution >= 4 is 25.4 Å². The highest BCUT2D eigenvalue weighted by molar-refractivity contribution is 7.54. The molecule has 0 radical (unpaired) electrons. The molecular formula is C20H27N4O8P. The molecule has 1 unspecified atom stereocenters. The Morgan fingerprint density at radius 1 is 1.15 bits per heavy atom. The van der Waals surface area contributed by atoms with Crippen molar-refractivity contribution in [3.63, 3.8) is 0 Å². The molecule has 1 atom stereocenters. The maximum atomic E-state index is 12.4. The summed E-state index contributed by atoms with van der Waals surface area (Å²) in [6.45, 7) is 2.55. The zero-order chi connectivity index (χ0) is 24.3. The van der Waals surface area contributed by atoms with Gasteiger partial charge in [-0.25, -0.2) is 9.59 Å². The van der Waals surface area contributed by atoms with Crippen LogP contribution in [0.25, 0.3) is 0 Å². The number of ether oxygens (including phenoxy) is 1. The van der Waals surface area contributed by atoms with Crippen molar-refractivity contribution in [2.75, 3.05) is 25.1 Å². The molecule has 0 saturated heterocycles. The maximum Gasteiger partial charge on any atom is 0.413 e. The van der Waals surface area contributed by atoms with Crippen molar-refractivity contribution in [3.05, 3.63) is 58.6 Å². The number of nitrogens with zero attached hydrogens (tertiary/aromatic N) is 2. The number of aliphatic hydroxyl groups excluding tert-OH is 1. The Morgan fingerprint density at radius 2 is 1.82 bits per heavy atom. The van der Waals surface area contributed by atoms with Gasteiger partial charge in [0.2, 0.25) is 5.91 Å². The van der Waals surface area contributed by atoms with E-state index < -0.39 is 44.2 Å². The topological polar surface area (TPSA) is 158 Å². The number of aliphatic hydroxyl groups is 1. The summed E-state index contributed by atoms with van der Waals surface area (Å²) in [7, 11) is -3.80. The molecule has 12 nitrogen and oxygen atoms in total. The van der Waals surface area contributed by atoms with Crippen molar-refractivity contribution in [1.82, 2.24) is 14.9 Å². The van der Waals surface area contributed by atoms with E-state index in [4.69, 9.17) is 13.8 Å². The molecule has 0 spiro atoms. The Morgan fingerprint density at radius 3 is 2.42 bits per heavy atom. The minimum absolute atomic E-state index is 0.0421. The molecule has 1 heterocycles. The monoisotopic (exact) mass is 482 g/mol. The Labute approximate surface area is 190 Å². The lowest BCUT2D eigenvalue weighted by Gasteiger charge is -2.22. The van der Waals surface area contributed by atoms with E-state index in [0.29, 0.717) is 0 Å². The van der Waals surface area contributed by atoms with Gasteiger partial charge in [-0.3, -0.25) is 19.2 Å². The quantitative estimate of drug-likeness (QED) is 0.383. The third-order valence-corrected chi connectivity index (χ3v) is 6.24. The summed E-state index contributed by atoms with van der Waals surface area (Å²) in [5.74, 6) is -2.25. The van der Waals surface area contributed by atoms with Gasteiger partial charge in [0.1, 0.15) is 19.0 Å². The van der Waals surface area contributed by atoms with E-state index in [1.54, 1.807) is 26.0 Å². The van der Waals surface area contributed by atoms with Gasteiger partial charge in [0.15, 0.2) is 5.85 Å². The summed E-state index contributed by atoms with van der Waals surface area (Å²) in [6, 6.07) is 10.4. The van der Waals surface area contributed by atoms with Crippen LogP contribution in [0.2, 0.25) is 0 Å². The fraction of sp³-hybridized carbons (Fsp3) is 0.400. The molecule has 0 bridgehead atoms. The number of aromatic nitrogens is 2. The number of amides is 2. The van der Waals surface area contributed by atoms with Crippen molar-refractivity contribution in [2.24, 2.45) is 0 Å². The van der Waals surface area contributed by atoms with Crippen LogP contribution < -0.4 is 16.3 Å². The Hall–Kier alpha value is -3.05. The number of carbonyl (C=O) groups excluding carboxylic acids is 2. The Bertz CT molecular complexity index is 1020. The van der Waals surface area contributed by atoms with Gasteiger partial charge in [-0.05, 0) is 25.5 Å². The van der Waals surface area contributed by atoms with Crippen LogP contribution in [0.1, 0.15) is 19.4 Å². The molecule has 0 fully saturated rings. The Kier molecular flexibility index (Phi) is 10.2. The van der Waals surface area contributed by atoms with Gasteiger partial charge in [0.25, 0.3) is 0 Å². The molecule has 1 aromatic heterocycles. The van der Waals surface area contributed by atoms with Gasteiger partial charge < -0.3 is 24.2 Å². The van der Waals surface area contributed by atoms with E-state index in [9.17, 15) is 24.1 Å². The number of hydrogen-bond donors (Lipinski definition) is 3. The van der Waals surface area contributed by atoms with Crippen LogP contribution in [-0.4, -0.2) is 52.3 Å². The molecule has 2 rings (SSSR count). The highest BCUT2D eigenvalue weighted by atomic mass is 31.2. The van der Waals surface area contributed by atoms with Crippen LogP contribution in [-0.2, 0) is 36.3 Å². The predicted molar refractivity (Wildman–Crippen MR) is 119 cm³/mol. The third-order valence-electron chi connectivity index (χ3n) is 4.10. The molecule has 3 N–H and O–H groups in total. The highest BCUT2D eigenvalue weighted by Crippen LogP contribution is 2.51. The van der Waals surface area contributed by atoms with Crippen LogP contribution in [0.3, 0.4) is 0 Å². The molecule has 1 aromatic carbocycles. The lowest BCUT2D eigenvalue weighted by molar-refractivity contribution is -0.122. The SMILES string of the molecule is CCOP(=O)(OCC)C(O)CNC(=O)Cn1ccc(NC(=O)OCc2ccccc2)nc1=O. The first-order valence-electron chi connectivity index (χ1n) is 10.2. The summed E-state index contributed by atoms with van der Waals surface area (Å²) in [6.07, 6.45) is 0.479. The third kappa shape index (κ3) is 8.43. The molecule has 0 aliphatic carbocycles. The van der Waals surface area contributed by atoms with E-state index in [0.717, 1.165) is 10.1 Å². The fourth-order valence-electron chi connectivity index (χ4n) is 2.58. The molecule has 33 heavy (non-hydrogen) atoms. The minimum atomic E-state index is -3.80. The van der Waals surface area contributed by atoms with Crippen molar-refractivity contribution in [1.29, 1.82) is 0 Å². The maximum absolute atomic E-state index is 12.4. The molecular weight excluding hydrogens is 455 g/mol. The predicted octanol–water partition coefficient (Wildman–Crippen LogP) is 1.69. The van der Waals surface area contributed by atoms with Crippen LogP contribution >= 0.6 is 7.60 Å². The standard InChI is InChI=1S/C20H27N4O8P/c1-3-31-33(29,32-4-2)18(26)12-21-17(25)13-24-11-10-16(22-19(24)27)23-20(28)30-14-15-8-6-5-7-9-15/h5-11,18,26H,3-4,12-14H2,1-2H3,(H,21,25)(H,22,23,27,28). The highest BCUT2D eigenvalue weighted by Gasteiger charge is 2.34. The molecule has 0 aliphatic rings. The average Bonchev–Trinajstić information content (AvgIpc) is 2.79. The van der Waals surface area contributed by atoms with Crippen LogP contribution in [0.4, 0.5) is 10.6 Å². The number of carbonyl (C=O) groups is 2. The number of rotatable bonds is 12. The lowest BCUT2D eigenvalue weighted by atomic mass is 10.2. The molecule has 0 aliphatic heterocycles. The van der Waals surface area contributed by atoms with Crippen LogP contribution in [0, 0.1) is 0 Å². The largest absolute Gasteiger partial charge is 0.444 e. The van der Waals surface area contributed by atoms with Gasteiger partial charge in [-0.15, -0.1) is 0 Å². The lowest BCUT2D eigenvalue weighted by Crippen LogP contribution is -2.37. The zero-order valence-corrected chi connectivity index (χ0v) is 19.2. The summed E-state index contributed by atoms with van der Waals surface area (Å²) in [5, 5.41) is 14.8. The first-order chi connectivity index (χ1) is 15.8. The number of nitrogens with one attached hydrogen (secondary N) is 2. The second-order valence-electron chi connectivity index (χ2n) is 6.57. The first kappa shape index (κ1) is 26.2. The number of hydrogen-bond acceptors (Lipinski definition) is 9. The Balaban J connectivity index is 1.86. The molecule has 2 amide bonds. The van der Waals surface area contributed by atoms with Gasteiger partial charge in [-0.2, -0.15) is 4.98 Å². The minimum Gasteiger partial charge on any atom is -0.444 e. The van der Waals surface area contributed by atoms with Crippen molar-refractivity contribution < 1.29 is 33.0 Å². The molecule has 2 aromatic rings. The van der Waals surface area contributed by atoms with E-state index in [2.05, 4.69) is 15.6 Å². The van der Waals surface area contributed by atoms with E-state index in [-0.39, 0.29) is 25.6 Å². The number of anilines is 1. The molecule has 0 saturated carbocycles. The van der Waals surface area contributed by atoms with E-state index >= 15 is 0 Å². The zero-order valence-electron chi connectivity index (χ0n) is 18.3. The first-order valence-corrected chi connectivity index (χ1v) is 11.8.